The Bertz CT molecular complexity index is 1120. The van der Waals surface area contributed by atoms with E-state index in [4.69, 9.17) is 4.98 Å². The maximum absolute atomic E-state index is 13.7. The largest absolute Gasteiger partial charge is 0.416 e. The molecule has 1 aliphatic carbocycles. The normalized spacial score (nSPS) is 14.9. The van der Waals surface area contributed by atoms with Crippen LogP contribution in [0.3, 0.4) is 0 Å². The molecule has 186 valence electrons. The summed E-state index contributed by atoms with van der Waals surface area (Å²) in [6, 6.07) is 17.9. The molecule has 0 atom stereocenters. The van der Waals surface area contributed by atoms with Crippen LogP contribution < -0.4 is 5.32 Å². The molecule has 6 heteroatoms. The Kier molecular flexibility index (Phi) is 8.11. The number of aromatic nitrogens is 1. The first-order valence-electron chi connectivity index (χ1n) is 12.5. The van der Waals surface area contributed by atoms with E-state index in [0.29, 0.717) is 18.0 Å². The molecule has 0 unspecified atom stereocenters. The zero-order valence-corrected chi connectivity index (χ0v) is 20.5. The molecule has 3 aromatic rings. The molecule has 1 aromatic heterocycles. The van der Waals surface area contributed by atoms with Crippen molar-refractivity contribution in [1.29, 1.82) is 0 Å². The lowest BCUT2D eigenvalue weighted by molar-refractivity contribution is -0.138. The standard InChI is InChI=1S/C29H34F3N3/c1-21-10-8-16-27(22(21)2)34-28-17-9-14-25(33-28)20-35(18-23-11-4-3-5-12-23)19-24-13-6-7-15-26(24)29(30,31)32/h6-10,13-17,23H,3-5,11-12,18-20H2,1-2H3,(H,33,34). The van der Waals surface area contributed by atoms with Crippen molar-refractivity contribution < 1.29 is 13.2 Å². The second-order valence-electron chi connectivity index (χ2n) is 9.72. The van der Waals surface area contributed by atoms with Gasteiger partial charge in [0.05, 0.1) is 11.3 Å². The monoisotopic (exact) mass is 481 g/mol. The molecule has 0 radical (unpaired) electrons. The van der Waals surface area contributed by atoms with E-state index in [1.165, 1.54) is 42.5 Å². The van der Waals surface area contributed by atoms with E-state index in [0.717, 1.165) is 36.6 Å². The summed E-state index contributed by atoms with van der Waals surface area (Å²) >= 11 is 0. The van der Waals surface area contributed by atoms with Gasteiger partial charge in [-0.3, -0.25) is 4.90 Å². The predicted molar refractivity (Wildman–Crippen MR) is 136 cm³/mol. The summed E-state index contributed by atoms with van der Waals surface area (Å²) in [6.45, 7) is 5.69. The number of nitrogens with one attached hydrogen (secondary N) is 1. The summed E-state index contributed by atoms with van der Waals surface area (Å²) in [6.07, 6.45) is 1.57. The molecule has 1 aliphatic rings. The van der Waals surface area contributed by atoms with Crippen LogP contribution in [-0.2, 0) is 19.3 Å². The maximum atomic E-state index is 13.7. The number of benzene rings is 2. The fraction of sp³-hybridized carbons (Fsp3) is 0.414. The van der Waals surface area contributed by atoms with Gasteiger partial charge in [-0.05, 0) is 73.6 Å². The van der Waals surface area contributed by atoms with E-state index < -0.39 is 11.7 Å². The van der Waals surface area contributed by atoms with Crippen LogP contribution >= 0.6 is 0 Å². The van der Waals surface area contributed by atoms with Gasteiger partial charge >= 0.3 is 6.18 Å². The van der Waals surface area contributed by atoms with Crippen LogP contribution in [0.1, 0.15) is 60.1 Å². The van der Waals surface area contributed by atoms with Crippen LogP contribution in [-0.4, -0.2) is 16.4 Å². The first-order chi connectivity index (χ1) is 16.8. The molecule has 2 aromatic carbocycles. The first kappa shape index (κ1) is 25.2. The number of aryl methyl sites for hydroxylation is 1. The number of pyridine rings is 1. The van der Waals surface area contributed by atoms with Gasteiger partial charge in [-0.25, -0.2) is 4.98 Å². The molecule has 1 heterocycles. The van der Waals surface area contributed by atoms with Crippen LogP contribution in [0.2, 0.25) is 0 Å². The van der Waals surface area contributed by atoms with Crippen molar-refractivity contribution in [3.63, 3.8) is 0 Å². The number of rotatable bonds is 8. The van der Waals surface area contributed by atoms with Gasteiger partial charge in [0.1, 0.15) is 5.82 Å². The van der Waals surface area contributed by atoms with Crippen molar-refractivity contribution in [2.75, 3.05) is 11.9 Å². The zero-order valence-electron chi connectivity index (χ0n) is 20.5. The Morgan fingerprint density at radius 3 is 2.40 bits per heavy atom. The lowest BCUT2D eigenvalue weighted by Gasteiger charge is -2.30. The Balaban J connectivity index is 1.55. The fourth-order valence-corrected chi connectivity index (χ4v) is 4.99. The minimum atomic E-state index is -4.36. The molecular formula is C29H34F3N3. The molecule has 0 bridgehead atoms. The van der Waals surface area contributed by atoms with E-state index in [1.54, 1.807) is 12.1 Å². The quantitative estimate of drug-likeness (QED) is 0.353. The summed E-state index contributed by atoms with van der Waals surface area (Å²) in [5.74, 6) is 1.25. The van der Waals surface area contributed by atoms with Crippen LogP contribution in [0.5, 0.6) is 0 Å². The van der Waals surface area contributed by atoms with Gasteiger partial charge in [-0.2, -0.15) is 13.2 Å². The molecule has 3 nitrogen and oxygen atoms in total. The highest BCUT2D eigenvalue weighted by atomic mass is 19.4. The molecule has 0 amide bonds. The van der Waals surface area contributed by atoms with Gasteiger partial charge in [0.15, 0.2) is 0 Å². The Morgan fingerprint density at radius 1 is 0.886 bits per heavy atom. The van der Waals surface area contributed by atoms with Crippen molar-refractivity contribution in [2.24, 2.45) is 5.92 Å². The highest BCUT2D eigenvalue weighted by Crippen LogP contribution is 2.33. The number of alkyl halides is 3. The molecule has 1 fully saturated rings. The van der Waals surface area contributed by atoms with Crippen molar-refractivity contribution in [3.8, 4) is 0 Å². The van der Waals surface area contributed by atoms with E-state index in [-0.39, 0.29) is 6.54 Å². The minimum absolute atomic E-state index is 0.252. The third kappa shape index (κ3) is 6.85. The molecular weight excluding hydrogens is 447 g/mol. The van der Waals surface area contributed by atoms with E-state index in [2.05, 4.69) is 30.1 Å². The average molecular weight is 482 g/mol. The lowest BCUT2D eigenvalue weighted by Crippen LogP contribution is -2.31. The Morgan fingerprint density at radius 2 is 1.63 bits per heavy atom. The molecule has 0 saturated heterocycles. The van der Waals surface area contributed by atoms with Crippen molar-refractivity contribution in [1.82, 2.24) is 9.88 Å². The summed E-state index contributed by atoms with van der Waals surface area (Å²) < 4.78 is 41.0. The van der Waals surface area contributed by atoms with Crippen LogP contribution in [0, 0.1) is 19.8 Å². The minimum Gasteiger partial charge on any atom is -0.340 e. The van der Waals surface area contributed by atoms with Crippen LogP contribution in [0.4, 0.5) is 24.7 Å². The fourth-order valence-electron chi connectivity index (χ4n) is 4.99. The van der Waals surface area contributed by atoms with Gasteiger partial charge in [0.2, 0.25) is 0 Å². The molecule has 0 aliphatic heterocycles. The number of halogens is 3. The number of nitrogens with zero attached hydrogens (tertiary/aromatic N) is 2. The number of anilines is 2. The second kappa shape index (κ2) is 11.3. The predicted octanol–water partition coefficient (Wildman–Crippen LogP) is 8.04. The van der Waals surface area contributed by atoms with E-state index in [9.17, 15) is 13.2 Å². The second-order valence-corrected chi connectivity index (χ2v) is 9.72. The van der Waals surface area contributed by atoms with E-state index in [1.807, 2.05) is 30.3 Å². The maximum Gasteiger partial charge on any atom is 0.416 e. The van der Waals surface area contributed by atoms with Gasteiger partial charge in [-0.15, -0.1) is 0 Å². The third-order valence-corrected chi connectivity index (χ3v) is 7.02. The molecule has 35 heavy (non-hydrogen) atoms. The highest BCUT2D eigenvalue weighted by molar-refractivity contribution is 5.61. The van der Waals surface area contributed by atoms with Gasteiger partial charge in [0, 0.05) is 25.3 Å². The molecule has 0 spiro atoms. The molecule has 1 N–H and O–H groups in total. The highest BCUT2D eigenvalue weighted by Gasteiger charge is 2.33. The average Bonchev–Trinajstić information content (AvgIpc) is 2.83. The summed E-state index contributed by atoms with van der Waals surface area (Å²) in [5.41, 5.74) is 4.00. The summed E-state index contributed by atoms with van der Waals surface area (Å²) in [7, 11) is 0. The number of hydrogen-bond acceptors (Lipinski definition) is 3. The summed E-state index contributed by atoms with van der Waals surface area (Å²) in [4.78, 5) is 6.95. The third-order valence-electron chi connectivity index (χ3n) is 7.02. The Hall–Kier alpha value is -2.86. The smallest absolute Gasteiger partial charge is 0.340 e. The first-order valence-corrected chi connectivity index (χ1v) is 12.5. The van der Waals surface area contributed by atoms with Gasteiger partial charge < -0.3 is 5.32 Å². The lowest BCUT2D eigenvalue weighted by atomic mass is 9.88. The van der Waals surface area contributed by atoms with Crippen LogP contribution in [0.25, 0.3) is 0 Å². The Labute approximate surface area is 206 Å². The van der Waals surface area contributed by atoms with Crippen molar-refractivity contribution in [3.05, 3.63) is 88.6 Å². The zero-order chi connectivity index (χ0) is 24.8. The van der Waals surface area contributed by atoms with Gasteiger partial charge in [0.25, 0.3) is 0 Å². The molecule has 1 saturated carbocycles. The SMILES string of the molecule is Cc1cccc(Nc2cccc(CN(Cc3ccccc3C(F)(F)F)CC3CCCCC3)n2)c1C. The number of hydrogen-bond donors (Lipinski definition) is 1. The van der Waals surface area contributed by atoms with E-state index >= 15 is 0 Å². The van der Waals surface area contributed by atoms with Crippen LogP contribution in [0.15, 0.2) is 60.7 Å². The van der Waals surface area contributed by atoms with Crippen molar-refractivity contribution in [2.45, 2.75) is 65.2 Å². The summed E-state index contributed by atoms with van der Waals surface area (Å²) in [5, 5.41) is 3.41. The van der Waals surface area contributed by atoms with Crippen molar-refractivity contribution >= 4 is 11.5 Å². The van der Waals surface area contributed by atoms with Gasteiger partial charge in [-0.1, -0.05) is 55.7 Å². The topological polar surface area (TPSA) is 28.2 Å². The molecule has 4 rings (SSSR count).